The zero-order valence-electron chi connectivity index (χ0n) is 8.03. The molecule has 1 aliphatic rings. The minimum Gasteiger partial charge on any atom is -0.396 e. The van der Waals surface area contributed by atoms with Crippen molar-refractivity contribution in [2.75, 3.05) is 13.2 Å². The predicted octanol–water partition coefficient (Wildman–Crippen LogP) is 1.27. The summed E-state index contributed by atoms with van der Waals surface area (Å²) in [4.78, 5) is 0. The van der Waals surface area contributed by atoms with Gasteiger partial charge in [0.2, 0.25) is 0 Å². The van der Waals surface area contributed by atoms with Crippen LogP contribution in [-0.4, -0.2) is 23.4 Å². The first kappa shape index (κ1) is 10.0. The summed E-state index contributed by atoms with van der Waals surface area (Å²) in [5, 5.41) is 18.3. The summed E-state index contributed by atoms with van der Waals surface area (Å²) < 4.78 is 0. The van der Waals surface area contributed by atoms with Gasteiger partial charge in [-0.3, -0.25) is 0 Å². The molecule has 1 saturated carbocycles. The Hall–Kier alpha value is -0.0800. The molecule has 72 valence electrons. The van der Waals surface area contributed by atoms with Crippen molar-refractivity contribution in [3.63, 3.8) is 0 Å². The lowest BCUT2D eigenvalue weighted by Crippen LogP contribution is -2.35. The van der Waals surface area contributed by atoms with E-state index >= 15 is 0 Å². The van der Waals surface area contributed by atoms with Gasteiger partial charge < -0.3 is 10.2 Å². The number of rotatable bonds is 2. The Balaban J connectivity index is 2.58. The van der Waals surface area contributed by atoms with Crippen LogP contribution in [0.4, 0.5) is 0 Å². The van der Waals surface area contributed by atoms with E-state index in [1.54, 1.807) is 0 Å². The summed E-state index contributed by atoms with van der Waals surface area (Å²) in [7, 11) is 0. The fraction of sp³-hybridized carbons (Fsp3) is 1.00. The first-order valence-corrected chi connectivity index (χ1v) is 4.92. The molecule has 4 atom stereocenters. The van der Waals surface area contributed by atoms with Crippen molar-refractivity contribution in [3.05, 3.63) is 0 Å². The lowest BCUT2D eigenvalue weighted by Gasteiger charge is -2.38. The van der Waals surface area contributed by atoms with Crippen molar-refractivity contribution in [2.45, 2.75) is 26.7 Å². The van der Waals surface area contributed by atoms with Gasteiger partial charge in [0, 0.05) is 13.2 Å². The number of hydrogen-bond acceptors (Lipinski definition) is 2. The van der Waals surface area contributed by atoms with Crippen molar-refractivity contribution in [1.82, 2.24) is 0 Å². The number of aliphatic hydroxyl groups excluding tert-OH is 2. The van der Waals surface area contributed by atoms with E-state index in [-0.39, 0.29) is 13.2 Å². The molecule has 0 aromatic heterocycles. The summed E-state index contributed by atoms with van der Waals surface area (Å²) in [5.41, 5.74) is 0. The molecular formula is C10H20O2. The van der Waals surface area contributed by atoms with Crippen molar-refractivity contribution in [2.24, 2.45) is 23.7 Å². The molecule has 0 aliphatic heterocycles. The summed E-state index contributed by atoms with van der Waals surface area (Å²) >= 11 is 0. The van der Waals surface area contributed by atoms with Crippen LogP contribution in [0.25, 0.3) is 0 Å². The van der Waals surface area contributed by atoms with Crippen LogP contribution < -0.4 is 0 Å². The second-order valence-electron chi connectivity index (χ2n) is 4.20. The highest BCUT2D eigenvalue weighted by Crippen LogP contribution is 2.37. The maximum absolute atomic E-state index is 9.17. The maximum Gasteiger partial charge on any atom is 0.0465 e. The third kappa shape index (κ3) is 1.80. The molecule has 0 radical (unpaired) electrons. The van der Waals surface area contributed by atoms with Gasteiger partial charge in [0.05, 0.1) is 0 Å². The molecule has 2 heteroatoms. The van der Waals surface area contributed by atoms with Crippen LogP contribution >= 0.6 is 0 Å². The molecule has 0 aromatic carbocycles. The Bertz CT molecular complexity index is 134. The normalized spacial score (nSPS) is 43.0. The summed E-state index contributed by atoms with van der Waals surface area (Å²) in [5.74, 6) is 1.91. The van der Waals surface area contributed by atoms with Crippen LogP contribution in [-0.2, 0) is 0 Å². The quantitative estimate of drug-likeness (QED) is 0.658. The Morgan fingerprint density at radius 1 is 1.08 bits per heavy atom. The van der Waals surface area contributed by atoms with E-state index in [0.29, 0.717) is 23.7 Å². The minimum absolute atomic E-state index is 0.233. The first-order chi connectivity index (χ1) is 5.70. The van der Waals surface area contributed by atoms with Gasteiger partial charge in [0.25, 0.3) is 0 Å². The second kappa shape index (κ2) is 4.24. The van der Waals surface area contributed by atoms with Gasteiger partial charge in [-0.1, -0.05) is 20.3 Å². The van der Waals surface area contributed by atoms with Crippen LogP contribution in [0.3, 0.4) is 0 Å². The van der Waals surface area contributed by atoms with E-state index in [4.69, 9.17) is 10.2 Å². The fourth-order valence-electron chi connectivity index (χ4n) is 2.35. The lowest BCUT2D eigenvalue weighted by molar-refractivity contribution is 0.0260. The Morgan fingerprint density at radius 3 is 2.25 bits per heavy atom. The van der Waals surface area contributed by atoms with Crippen LogP contribution in [0.1, 0.15) is 26.7 Å². The average Bonchev–Trinajstić information content (AvgIpc) is 2.09. The van der Waals surface area contributed by atoms with E-state index < -0.39 is 0 Å². The van der Waals surface area contributed by atoms with E-state index in [9.17, 15) is 0 Å². The van der Waals surface area contributed by atoms with Crippen LogP contribution in [0.5, 0.6) is 0 Å². The molecule has 1 fully saturated rings. The van der Waals surface area contributed by atoms with Crippen LogP contribution in [0, 0.1) is 23.7 Å². The zero-order valence-corrected chi connectivity index (χ0v) is 8.03. The molecule has 2 N–H and O–H groups in total. The van der Waals surface area contributed by atoms with Gasteiger partial charge in [-0.2, -0.15) is 0 Å². The van der Waals surface area contributed by atoms with E-state index in [0.717, 1.165) is 6.42 Å². The summed E-state index contributed by atoms with van der Waals surface area (Å²) in [6, 6.07) is 0. The smallest absolute Gasteiger partial charge is 0.0465 e. The highest BCUT2D eigenvalue weighted by Gasteiger charge is 2.33. The minimum atomic E-state index is 0.233. The monoisotopic (exact) mass is 172 g/mol. The van der Waals surface area contributed by atoms with E-state index in [1.807, 2.05) is 0 Å². The highest BCUT2D eigenvalue weighted by atomic mass is 16.3. The fourth-order valence-corrected chi connectivity index (χ4v) is 2.35. The number of aliphatic hydroxyl groups is 2. The van der Waals surface area contributed by atoms with E-state index in [1.165, 1.54) is 6.42 Å². The SMILES string of the molecule is CC1CCC(CO)C(CO)C1C. The molecule has 0 aromatic rings. The topological polar surface area (TPSA) is 40.5 Å². The van der Waals surface area contributed by atoms with Gasteiger partial charge in [-0.25, -0.2) is 0 Å². The molecule has 1 rings (SSSR count). The molecule has 0 spiro atoms. The molecule has 1 aliphatic carbocycles. The van der Waals surface area contributed by atoms with Crippen molar-refractivity contribution in [3.8, 4) is 0 Å². The first-order valence-electron chi connectivity index (χ1n) is 4.92. The van der Waals surface area contributed by atoms with Crippen LogP contribution in [0.15, 0.2) is 0 Å². The third-order valence-corrected chi connectivity index (χ3v) is 3.62. The molecule has 0 saturated heterocycles. The Kier molecular flexibility index (Phi) is 3.53. The van der Waals surface area contributed by atoms with Gasteiger partial charge in [0.1, 0.15) is 0 Å². The van der Waals surface area contributed by atoms with E-state index in [2.05, 4.69) is 13.8 Å². The lowest BCUT2D eigenvalue weighted by atomic mass is 9.68. The zero-order chi connectivity index (χ0) is 9.14. The molecular weight excluding hydrogens is 152 g/mol. The van der Waals surface area contributed by atoms with Gasteiger partial charge in [-0.05, 0) is 30.1 Å². The summed E-state index contributed by atoms with van der Waals surface area (Å²) in [6.07, 6.45) is 2.27. The highest BCUT2D eigenvalue weighted by molar-refractivity contribution is 4.82. The second-order valence-corrected chi connectivity index (χ2v) is 4.20. The molecule has 0 bridgehead atoms. The standard InChI is InChI=1S/C10H20O2/c1-7-3-4-9(5-11)10(6-12)8(7)2/h7-12H,3-6H2,1-2H3. The van der Waals surface area contributed by atoms with Crippen LogP contribution in [0.2, 0.25) is 0 Å². The molecule has 12 heavy (non-hydrogen) atoms. The average molecular weight is 172 g/mol. The van der Waals surface area contributed by atoms with Gasteiger partial charge >= 0.3 is 0 Å². The van der Waals surface area contributed by atoms with Gasteiger partial charge in [-0.15, -0.1) is 0 Å². The number of hydrogen-bond donors (Lipinski definition) is 2. The molecule has 0 amide bonds. The largest absolute Gasteiger partial charge is 0.396 e. The molecule has 4 unspecified atom stereocenters. The third-order valence-electron chi connectivity index (χ3n) is 3.62. The summed E-state index contributed by atoms with van der Waals surface area (Å²) in [6.45, 7) is 4.90. The van der Waals surface area contributed by atoms with Gasteiger partial charge in [0.15, 0.2) is 0 Å². The molecule has 0 heterocycles. The Morgan fingerprint density at radius 2 is 1.75 bits per heavy atom. The Labute approximate surface area is 74.6 Å². The van der Waals surface area contributed by atoms with Crippen molar-refractivity contribution < 1.29 is 10.2 Å². The maximum atomic E-state index is 9.17. The predicted molar refractivity (Wildman–Crippen MR) is 48.7 cm³/mol. The molecule has 2 nitrogen and oxygen atoms in total. The van der Waals surface area contributed by atoms with Crippen molar-refractivity contribution in [1.29, 1.82) is 0 Å². The van der Waals surface area contributed by atoms with Crippen molar-refractivity contribution >= 4 is 0 Å².